The Hall–Kier alpha value is -2.36. The topological polar surface area (TPSA) is 33.6 Å². The minimum atomic E-state index is -0.377. The van der Waals surface area contributed by atoms with E-state index in [9.17, 15) is 4.39 Å². The summed E-state index contributed by atoms with van der Waals surface area (Å²) in [6, 6.07) is 9.03. The molecule has 0 unspecified atom stereocenters. The number of halogens is 1. The number of aryl methyl sites for hydroxylation is 2. The van der Waals surface area contributed by atoms with Crippen LogP contribution in [0.3, 0.4) is 0 Å². The van der Waals surface area contributed by atoms with Crippen molar-refractivity contribution < 1.29 is 9.13 Å². The number of benzene rings is 2. The van der Waals surface area contributed by atoms with Crippen LogP contribution in [0.5, 0.6) is 11.5 Å². The average Bonchev–Trinajstić information content (AvgIpc) is 2.57. The first kappa shape index (κ1) is 15.5. The molecule has 2 aromatic carbocycles. The van der Waals surface area contributed by atoms with Crippen LogP contribution in [0.15, 0.2) is 35.3 Å². The van der Waals surface area contributed by atoms with Gasteiger partial charge in [-0.1, -0.05) is 12.1 Å². The molecule has 1 N–H and O–H groups in total. The van der Waals surface area contributed by atoms with Gasteiger partial charge in [-0.15, -0.1) is 0 Å². The zero-order valence-electron chi connectivity index (χ0n) is 13.7. The SMILES string of the molecule is Cc1ccc(C)c(Oc2ccc(C3=NCCCN3)cc2F)c1C. The number of hydrogen-bond donors (Lipinski definition) is 1. The fourth-order valence-electron chi connectivity index (χ4n) is 2.65. The van der Waals surface area contributed by atoms with Crippen LogP contribution in [0, 0.1) is 26.6 Å². The van der Waals surface area contributed by atoms with Crippen LogP contribution < -0.4 is 10.1 Å². The highest BCUT2D eigenvalue weighted by Crippen LogP contribution is 2.32. The number of rotatable bonds is 3. The van der Waals surface area contributed by atoms with Gasteiger partial charge in [-0.2, -0.15) is 0 Å². The zero-order valence-corrected chi connectivity index (χ0v) is 13.7. The van der Waals surface area contributed by atoms with Crippen LogP contribution >= 0.6 is 0 Å². The van der Waals surface area contributed by atoms with Gasteiger partial charge in [-0.05, 0) is 62.1 Å². The van der Waals surface area contributed by atoms with Crippen LogP contribution in [0.4, 0.5) is 4.39 Å². The van der Waals surface area contributed by atoms with Gasteiger partial charge < -0.3 is 10.1 Å². The Balaban J connectivity index is 1.90. The van der Waals surface area contributed by atoms with Gasteiger partial charge in [0.1, 0.15) is 11.6 Å². The van der Waals surface area contributed by atoms with Crippen molar-refractivity contribution in [1.82, 2.24) is 5.32 Å². The van der Waals surface area contributed by atoms with E-state index in [4.69, 9.17) is 4.74 Å². The molecule has 2 aromatic rings. The Bertz CT molecular complexity index is 768. The second-order valence-corrected chi connectivity index (χ2v) is 5.91. The number of hydrogen-bond acceptors (Lipinski definition) is 3. The van der Waals surface area contributed by atoms with Crippen LogP contribution in [0.1, 0.15) is 28.7 Å². The minimum Gasteiger partial charge on any atom is -0.454 e. The molecule has 0 radical (unpaired) electrons. The van der Waals surface area contributed by atoms with E-state index in [0.29, 0.717) is 0 Å². The molecule has 3 rings (SSSR count). The number of aliphatic imine (C=N–C) groups is 1. The van der Waals surface area contributed by atoms with Gasteiger partial charge in [0.15, 0.2) is 11.6 Å². The standard InChI is InChI=1S/C19H21FN2O/c1-12-5-6-13(2)18(14(12)3)23-17-8-7-15(11-16(17)20)19-21-9-4-10-22-19/h5-8,11H,4,9-10H2,1-3H3,(H,21,22). The second kappa shape index (κ2) is 6.41. The van der Waals surface area contributed by atoms with Crippen LogP contribution in [-0.4, -0.2) is 18.9 Å². The maximum Gasteiger partial charge on any atom is 0.166 e. The molecule has 23 heavy (non-hydrogen) atoms. The molecule has 0 fully saturated rings. The lowest BCUT2D eigenvalue weighted by Gasteiger charge is -2.17. The molecule has 0 aliphatic carbocycles. The van der Waals surface area contributed by atoms with Crippen LogP contribution in [0.25, 0.3) is 0 Å². The van der Waals surface area contributed by atoms with E-state index in [-0.39, 0.29) is 11.6 Å². The largest absolute Gasteiger partial charge is 0.454 e. The molecule has 1 aliphatic rings. The summed E-state index contributed by atoms with van der Waals surface area (Å²) in [5.41, 5.74) is 3.91. The molecular formula is C19H21FN2O. The highest BCUT2D eigenvalue weighted by molar-refractivity contribution is 5.99. The summed E-state index contributed by atoms with van der Waals surface area (Å²) < 4.78 is 20.3. The van der Waals surface area contributed by atoms with Crippen molar-refractivity contribution in [2.24, 2.45) is 4.99 Å². The molecule has 120 valence electrons. The van der Waals surface area contributed by atoms with Crippen molar-refractivity contribution in [2.45, 2.75) is 27.2 Å². The molecule has 0 saturated heterocycles. The van der Waals surface area contributed by atoms with Crippen molar-refractivity contribution in [3.8, 4) is 11.5 Å². The fraction of sp³-hybridized carbons (Fsp3) is 0.316. The summed E-state index contributed by atoms with van der Waals surface area (Å²) >= 11 is 0. The summed E-state index contributed by atoms with van der Waals surface area (Å²) in [6.07, 6.45) is 1.01. The van der Waals surface area contributed by atoms with Gasteiger partial charge in [0, 0.05) is 18.7 Å². The Morgan fingerprint density at radius 3 is 2.57 bits per heavy atom. The van der Waals surface area contributed by atoms with E-state index in [0.717, 1.165) is 53.3 Å². The Morgan fingerprint density at radius 1 is 1.09 bits per heavy atom. The minimum absolute atomic E-state index is 0.238. The number of ether oxygens (including phenoxy) is 1. The molecule has 0 aromatic heterocycles. The van der Waals surface area contributed by atoms with Crippen LogP contribution in [-0.2, 0) is 0 Å². The molecule has 4 heteroatoms. The lowest BCUT2D eigenvalue weighted by Crippen LogP contribution is -2.30. The molecule has 0 saturated carbocycles. The van der Waals surface area contributed by atoms with Crippen molar-refractivity contribution in [3.63, 3.8) is 0 Å². The maximum atomic E-state index is 14.4. The van der Waals surface area contributed by atoms with Gasteiger partial charge in [-0.3, -0.25) is 4.99 Å². The van der Waals surface area contributed by atoms with Crippen molar-refractivity contribution in [2.75, 3.05) is 13.1 Å². The first-order valence-corrected chi connectivity index (χ1v) is 7.89. The molecule has 3 nitrogen and oxygen atoms in total. The van der Waals surface area contributed by atoms with Crippen molar-refractivity contribution in [3.05, 3.63) is 58.4 Å². The Morgan fingerprint density at radius 2 is 1.87 bits per heavy atom. The molecule has 1 heterocycles. The van der Waals surface area contributed by atoms with Gasteiger partial charge in [0.05, 0.1) is 0 Å². The fourth-order valence-corrected chi connectivity index (χ4v) is 2.65. The third-order valence-corrected chi connectivity index (χ3v) is 4.19. The van der Waals surface area contributed by atoms with E-state index in [1.54, 1.807) is 6.07 Å². The maximum absolute atomic E-state index is 14.4. The van der Waals surface area contributed by atoms with E-state index in [2.05, 4.69) is 10.3 Å². The van der Waals surface area contributed by atoms with Gasteiger partial charge >= 0.3 is 0 Å². The molecule has 0 spiro atoms. The van der Waals surface area contributed by atoms with E-state index in [1.807, 2.05) is 39.0 Å². The molecule has 0 atom stereocenters. The number of amidine groups is 1. The summed E-state index contributed by atoms with van der Waals surface area (Å²) in [4.78, 5) is 4.39. The van der Waals surface area contributed by atoms with E-state index < -0.39 is 0 Å². The number of nitrogens with zero attached hydrogens (tertiary/aromatic N) is 1. The molecular weight excluding hydrogens is 291 g/mol. The predicted molar refractivity (Wildman–Crippen MR) is 91.2 cm³/mol. The average molecular weight is 312 g/mol. The van der Waals surface area contributed by atoms with Crippen molar-refractivity contribution in [1.29, 1.82) is 0 Å². The second-order valence-electron chi connectivity index (χ2n) is 5.91. The lowest BCUT2D eigenvalue weighted by atomic mass is 10.1. The molecule has 1 aliphatic heterocycles. The first-order valence-electron chi connectivity index (χ1n) is 7.89. The smallest absolute Gasteiger partial charge is 0.166 e. The monoisotopic (exact) mass is 312 g/mol. The summed E-state index contributed by atoms with van der Waals surface area (Å²) in [6.45, 7) is 7.64. The van der Waals surface area contributed by atoms with Gasteiger partial charge in [0.2, 0.25) is 0 Å². The number of nitrogens with one attached hydrogen (secondary N) is 1. The summed E-state index contributed by atoms with van der Waals surface area (Å²) in [7, 11) is 0. The quantitative estimate of drug-likeness (QED) is 0.917. The first-order chi connectivity index (χ1) is 11.1. The van der Waals surface area contributed by atoms with Crippen LogP contribution in [0.2, 0.25) is 0 Å². The normalized spacial score (nSPS) is 14.2. The molecule has 0 amide bonds. The van der Waals surface area contributed by atoms with Gasteiger partial charge in [0.25, 0.3) is 0 Å². The highest BCUT2D eigenvalue weighted by Gasteiger charge is 2.14. The zero-order chi connectivity index (χ0) is 16.4. The third-order valence-electron chi connectivity index (χ3n) is 4.19. The van der Waals surface area contributed by atoms with E-state index in [1.165, 1.54) is 6.07 Å². The van der Waals surface area contributed by atoms with Gasteiger partial charge in [-0.25, -0.2) is 4.39 Å². The summed E-state index contributed by atoms with van der Waals surface area (Å²) in [5.74, 6) is 1.34. The Kier molecular flexibility index (Phi) is 4.33. The third kappa shape index (κ3) is 3.21. The highest BCUT2D eigenvalue weighted by atomic mass is 19.1. The van der Waals surface area contributed by atoms with Crippen molar-refractivity contribution >= 4 is 5.84 Å². The molecule has 0 bridgehead atoms. The summed E-state index contributed by atoms with van der Waals surface area (Å²) in [5, 5.41) is 3.20. The van der Waals surface area contributed by atoms with E-state index >= 15 is 0 Å². The lowest BCUT2D eigenvalue weighted by molar-refractivity contribution is 0.436. The Labute approximate surface area is 136 Å². The predicted octanol–water partition coefficient (Wildman–Crippen LogP) is 4.28.